The molecule has 0 bridgehead atoms. The maximum atomic E-state index is 11.8. The number of hydrogen-bond acceptors (Lipinski definition) is 4. The molecule has 1 rings (SSSR count). The number of unbranched alkanes of at least 4 members (excludes halogenated alkanes) is 2. The Kier molecular flexibility index (Phi) is 7.65. The minimum Gasteiger partial charge on any atom is -0.384 e. The van der Waals surface area contributed by atoms with E-state index in [2.05, 4.69) is 22.5 Å². The van der Waals surface area contributed by atoms with Crippen molar-refractivity contribution >= 4 is 11.6 Å². The lowest BCUT2D eigenvalue weighted by atomic mass is 10.2. The van der Waals surface area contributed by atoms with Gasteiger partial charge in [-0.15, -0.1) is 0 Å². The number of likely N-dealkylation sites (N-methyl/N-ethyl adjacent to an activating group) is 1. The van der Waals surface area contributed by atoms with E-state index in [9.17, 15) is 4.79 Å². The summed E-state index contributed by atoms with van der Waals surface area (Å²) < 4.78 is 0. The van der Waals surface area contributed by atoms with Crippen molar-refractivity contribution in [3.05, 3.63) is 24.0 Å². The molecule has 0 spiro atoms. The molecule has 0 fully saturated rings. The summed E-state index contributed by atoms with van der Waals surface area (Å²) in [6, 6.07) is 3.66. The van der Waals surface area contributed by atoms with Crippen LogP contribution in [0.15, 0.2) is 18.3 Å². The van der Waals surface area contributed by atoms with Crippen LogP contribution >= 0.6 is 0 Å². The first-order valence-electron chi connectivity index (χ1n) is 7.26. The third-order valence-electron chi connectivity index (χ3n) is 2.95. The molecule has 1 heterocycles. The molecule has 5 nitrogen and oxygen atoms in total. The van der Waals surface area contributed by atoms with Crippen molar-refractivity contribution < 1.29 is 4.79 Å². The highest BCUT2D eigenvalue weighted by atomic mass is 16.1. The Morgan fingerprint density at radius 2 is 2.05 bits per heavy atom. The van der Waals surface area contributed by atoms with Crippen LogP contribution in [0.3, 0.4) is 0 Å². The van der Waals surface area contributed by atoms with Gasteiger partial charge in [0.15, 0.2) is 0 Å². The molecule has 1 amide bonds. The standard InChI is InChI=1S/C15H26N4O/c1-4-5-6-9-16-13-7-8-14(18-12-13)15(20)17-10-11-19(2)3/h7-8,12,16H,4-6,9-11H2,1-3H3,(H,17,20). The van der Waals surface area contributed by atoms with Crippen LogP contribution in [0.2, 0.25) is 0 Å². The Bertz CT molecular complexity index is 389. The SMILES string of the molecule is CCCCCNc1ccc(C(=O)NCCN(C)C)nc1. The van der Waals surface area contributed by atoms with Gasteiger partial charge in [-0.3, -0.25) is 4.79 Å². The number of carbonyl (C=O) groups excluding carboxylic acids is 1. The number of carbonyl (C=O) groups is 1. The summed E-state index contributed by atoms with van der Waals surface area (Å²) in [5, 5.41) is 6.15. The average molecular weight is 278 g/mol. The molecule has 0 aliphatic heterocycles. The van der Waals surface area contributed by atoms with Crippen LogP contribution in [-0.2, 0) is 0 Å². The maximum Gasteiger partial charge on any atom is 0.269 e. The summed E-state index contributed by atoms with van der Waals surface area (Å²) in [6.45, 7) is 4.59. The first kappa shape index (κ1) is 16.4. The number of aromatic nitrogens is 1. The third kappa shape index (κ3) is 6.52. The van der Waals surface area contributed by atoms with Crippen LogP contribution in [0.25, 0.3) is 0 Å². The molecule has 0 saturated carbocycles. The van der Waals surface area contributed by atoms with E-state index < -0.39 is 0 Å². The largest absolute Gasteiger partial charge is 0.384 e. The van der Waals surface area contributed by atoms with Crippen LogP contribution in [0, 0.1) is 0 Å². The molecule has 5 heteroatoms. The fourth-order valence-corrected chi connectivity index (χ4v) is 1.72. The van der Waals surface area contributed by atoms with Gasteiger partial charge >= 0.3 is 0 Å². The normalized spacial score (nSPS) is 10.6. The van der Waals surface area contributed by atoms with E-state index in [1.54, 1.807) is 12.3 Å². The molecule has 20 heavy (non-hydrogen) atoms. The van der Waals surface area contributed by atoms with E-state index in [1.807, 2.05) is 25.1 Å². The Hall–Kier alpha value is -1.62. The van der Waals surface area contributed by atoms with Crippen molar-refractivity contribution in [2.75, 3.05) is 39.0 Å². The number of nitrogens with one attached hydrogen (secondary N) is 2. The van der Waals surface area contributed by atoms with E-state index in [4.69, 9.17) is 0 Å². The second-order valence-corrected chi connectivity index (χ2v) is 5.13. The van der Waals surface area contributed by atoms with Gasteiger partial charge < -0.3 is 15.5 Å². The second kappa shape index (κ2) is 9.31. The molecule has 0 aliphatic carbocycles. The smallest absolute Gasteiger partial charge is 0.269 e. The Labute approximate surface area is 121 Å². The predicted octanol–water partition coefficient (Wildman–Crippen LogP) is 1.98. The Morgan fingerprint density at radius 3 is 2.65 bits per heavy atom. The van der Waals surface area contributed by atoms with E-state index in [1.165, 1.54) is 12.8 Å². The molecule has 0 aliphatic rings. The van der Waals surface area contributed by atoms with Crippen molar-refractivity contribution in [3.8, 4) is 0 Å². The Morgan fingerprint density at radius 1 is 1.25 bits per heavy atom. The molecule has 1 aromatic rings. The van der Waals surface area contributed by atoms with Gasteiger partial charge in [0.05, 0.1) is 11.9 Å². The van der Waals surface area contributed by atoms with Crippen LogP contribution < -0.4 is 10.6 Å². The summed E-state index contributed by atoms with van der Waals surface area (Å²) in [5.74, 6) is -0.121. The van der Waals surface area contributed by atoms with Crippen molar-refractivity contribution in [1.29, 1.82) is 0 Å². The zero-order valence-corrected chi connectivity index (χ0v) is 12.8. The first-order valence-corrected chi connectivity index (χ1v) is 7.26. The topological polar surface area (TPSA) is 57.3 Å². The molecule has 0 aromatic carbocycles. The summed E-state index contributed by atoms with van der Waals surface area (Å²) in [6.07, 6.45) is 5.31. The number of nitrogens with zero attached hydrogens (tertiary/aromatic N) is 2. The van der Waals surface area contributed by atoms with Gasteiger partial charge in [0.25, 0.3) is 5.91 Å². The predicted molar refractivity (Wildman–Crippen MR) is 83.1 cm³/mol. The molecule has 1 aromatic heterocycles. The molecule has 0 radical (unpaired) electrons. The number of amides is 1. The maximum absolute atomic E-state index is 11.8. The van der Waals surface area contributed by atoms with Gasteiger partial charge in [-0.1, -0.05) is 19.8 Å². The van der Waals surface area contributed by atoms with Crippen LogP contribution in [0.5, 0.6) is 0 Å². The van der Waals surface area contributed by atoms with Crippen LogP contribution in [-0.4, -0.2) is 49.5 Å². The summed E-state index contributed by atoms with van der Waals surface area (Å²) in [5.41, 5.74) is 1.42. The quantitative estimate of drug-likeness (QED) is 0.678. The second-order valence-electron chi connectivity index (χ2n) is 5.13. The highest BCUT2D eigenvalue weighted by Crippen LogP contribution is 2.06. The number of pyridine rings is 1. The monoisotopic (exact) mass is 278 g/mol. The molecule has 0 unspecified atom stereocenters. The summed E-state index contributed by atoms with van der Waals surface area (Å²) >= 11 is 0. The molecule has 0 atom stereocenters. The number of rotatable bonds is 9. The third-order valence-corrected chi connectivity index (χ3v) is 2.95. The average Bonchev–Trinajstić information content (AvgIpc) is 2.44. The minimum absolute atomic E-state index is 0.121. The first-order chi connectivity index (χ1) is 9.63. The van der Waals surface area contributed by atoms with Gasteiger partial charge in [-0.05, 0) is 32.6 Å². The van der Waals surface area contributed by atoms with Crippen molar-refractivity contribution in [1.82, 2.24) is 15.2 Å². The van der Waals surface area contributed by atoms with E-state index in [-0.39, 0.29) is 5.91 Å². The summed E-state index contributed by atoms with van der Waals surface area (Å²) in [7, 11) is 3.95. The van der Waals surface area contributed by atoms with Crippen LogP contribution in [0.4, 0.5) is 5.69 Å². The molecular formula is C15H26N4O. The molecule has 0 saturated heterocycles. The molecular weight excluding hydrogens is 252 g/mol. The zero-order chi connectivity index (χ0) is 14.8. The van der Waals surface area contributed by atoms with E-state index >= 15 is 0 Å². The lowest BCUT2D eigenvalue weighted by Crippen LogP contribution is -2.31. The molecule has 112 valence electrons. The summed E-state index contributed by atoms with van der Waals surface area (Å²) in [4.78, 5) is 18.0. The highest BCUT2D eigenvalue weighted by molar-refractivity contribution is 5.92. The van der Waals surface area contributed by atoms with Crippen molar-refractivity contribution in [2.45, 2.75) is 26.2 Å². The van der Waals surface area contributed by atoms with Gasteiger partial charge in [0, 0.05) is 19.6 Å². The minimum atomic E-state index is -0.121. The lowest BCUT2D eigenvalue weighted by Gasteiger charge is -2.10. The zero-order valence-electron chi connectivity index (χ0n) is 12.8. The fourth-order valence-electron chi connectivity index (χ4n) is 1.72. The fraction of sp³-hybridized carbons (Fsp3) is 0.600. The van der Waals surface area contributed by atoms with Crippen molar-refractivity contribution in [3.63, 3.8) is 0 Å². The highest BCUT2D eigenvalue weighted by Gasteiger charge is 2.06. The van der Waals surface area contributed by atoms with Gasteiger partial charge in [-0.25, -0.2) is 4.98 Å². The van der Waals surface area contributed by atoms with Gasteiger partial charge in [0.1, 0.15) is 5.69 Å². The number of hydrogen-bond donors (Lipinski definition) is 2. The Balaban J connectivity index is 2.35. The lowest BCUT2D eigenvalue weighted by molar-refractivity contribution is 0.0946. The van der Waals surface area contributed by atoms with E-state index in [0.29, 0.717) is 12.2 Å². The van der Waals surface area contributed by atoms with Gasteiger partial charge in [-0.2, -0.15) is 0 Å². The number of anilines is 1. The van der Waals surface area contributed by atoms with Gasteiger partial charge in [0.2, 0.25) is 0 Å². The molecule has 2 N–H and O–H groups in total. The van der Waals surface area contributed by atoms with Crippen molar-refractivity contribution in [2.24, 2.45) is 0 Å². The van der Waals surface area contributed by atoms with E-state index in [0.717, 1.165) is 25.2 Å². The van der Waals surface area contributed by atoms with Crippen LogP contribution in [0.1, 0.15) is 36.7 Å².